The first-order chi connectivity index (χ1) is 11.6. The first-order valence-corrected chi connectivity index (χ1v) is 7.33. The third-order valence-corrected chi connectivity index (χ3v) is 2.98. The van der Waals surface area contributed by atoms with Crippen molar-refractivity contribution in [3.8, 4) is 0 Å². The molecule has 0 fully saturated rings. The third kappa shape index (κ3) is 4.98. The van der Waals surface area contributed by atoms with Gasteiger partial charge in [-0.1, -0.05) is 12.1 Å². The van der Waals surface area contributed by atoms with Gasteiger partial charge in [0.05, 0.1) is 18.4 Å². The van der Waals surface area contributed by atoms with E-state index in [4.69, 9.17) is 13.9 Å². The second kappa shape index (κ2) is 8.52. The summed E-state index contributed by atoms with van der Waals surface area (Å²) in [4.78, 5) is 34.9. The molecule has 0 spiro atoms. The van der Waals surface area contributed by atoms with E-state index in [-0.39, 0.29) is 25.5 Å². The van der Waals surface area contributed by atoms with Crippen molar-refractivity contribution in [3.63, 3.8) is 0 Å². The van der Waals surface area contributed by atoms with Crippen molar-refractivity contribution in [1.29, 1.82) is 0 Å². The van der Waals surface area contributed by atoms with Crippen molar-refractivity contribution < 1.29 is 28.3 Å². The largest absolute Gasteiger partial charge is 0.462 e. The first kappa shape index (κ1) is 17.3. The Hall–Kier alpha value is -3.09. The van der Waals surface area contributed by atoms with Crippen LogP contribution in [-0.2, 0) is 20.9 Å². The molecule has 24 heavy (non-hydrogen) atoms. The molecule has 0 atom stereocenters. The van der Waals surface area contributed by atoms with Gasteiger partial charge in [0.15, 0.2) is 5.76 Å². The van der Waals surface area contributed by atoms with E-state index in [9.17, 15) is 14.4 Å². The summed E-state index contributed by atoms with van der Waals surface area (Å²) in [5, 5.41) is 2.39. The fourth-order valence-corrected chi connectivity index (χ4v) is 1.86. The van der Waals surface area contributed by atoms with Crippen LogP contribution in [0.25, 0.3) is 0 Å². The molecule has 0 aliphatic carbocycles. The third-order valence-electron chi connectivity index (χ3n) is 2.98. The van der Waals surface area contributed by atoms with Gasteiger partial charge in [-0.2, -0.15) is 0 Å². The lowest BCUT2D eigenvalue weighted by Crippen LogP contribution is -2.30. The van der Waals surface area contributed by atoms with E-state index >= 15 is 0 Å². The number of benzene rings is 1. The average Bonchev–Trinajstić information content (AvgIpc) is 3.13. The number of carbonyl (C=O) groups excluding carboxylic acids is 3. The number of esters is 2. The van der Waals surface area contributed by atoms with Crippen LogP contribution in [0, 0.1) is 0 Å². The highest BCUT2D eigenvalue weighted by Gasteiger charge is 2.12. The van der Waals surface area contributed by atoms with Crippen LogP contribution in [0.2, 0.25) is 0 Å². The predicted octanol–water partition coefficient (Wildman–Crippen LogP) is 1.93. The number of amides is 1. The van der Waals surface area contributed by atoms with Gasteiger partial charge in [0.25, 0.3) is 5.91 Å². The fourth-order valence-electron chi connectivity index (χ4n) is 1.86. The fraction of sp³-hybridized carbons (Fsp3) is 0.235. The number of carbonyl (C=O) groups is 3. The zero-order valence-corrected chi connectivity index (χ0v) is 13.1. The monoisotopic (exact) mass is 331 g/mol. The Bertz CT molecular complexity index is 708. The molecule has 1 aromatic carbocycles. The van der Waals surface area contributed by atoms with E-state index in [2.05, 4.69) is 5.32 Å². The summed E-state index contributed by atoms with van der Waals surface area (Å²) in [6.07, 6.45) is 1.36. The summed E-state index contributed by atoms with van der Waals surface area (Å²) < 4.78 is 14.9. The van der Waals surface area contributed by atoms with Crippen LogP contribution in [0.4, 0.5) is 0 Å². The first-order valence-electron chi connectivity index (χ1n) is 7.33. The number of furan rings is 1. The Balaban J connectivity index is 1.80. The molecule has 1 heterocycles. The second-order valence-corrected chi connectivity index (χ2v) is 4.74. The normalized spacial score (nSPS) is 10.0. The van der Waals surface area contributed by atoms with E-state index in [1.165, 1.54) is 12.3 Å². The van der Waals surface area contributed by atoms with Crippen LogP contribution in [0.15, 0.2) is 47.1 Å². The molecule has 0 saturated carbocycles. The van der Waals surface area contributed by atoms with E-state index < -0.39 is 17.8 Å². The highest BCUT2D eigenvalue weighted by atomic mass is 16.5. The number of nitrogens with one attached hydrogen (secondary N) is 1. The molecule has 7 heteroatoms. The van der Waals surface area contributed by atoms with Gasteiger partial charge in [0.2, 0.25) is 0 Å². The molecular weight excluding hydrogens is 314 g/mol. The van der Waals surface area contributed by atoms with Gasteiger partial charge in [0, 0.05) is 0 Å². The summed E-state index contributed by atoms with van der Waals surface area (Å²) in [7, 11) is 0. The zero-order chi connectivity index (χ0) is 17.4. The van der Waals surface area contributed by atoms with E-state index in [0.717, 1.165) is 0 Å². The maximum absolute atomic E-state index is 11.7. The average molecular weight is 331 g/mol. The zero-order valence-electron chi connectivity index (χ0n) is 13.1. The van der Waals surface area contributed by atoms with Crippen molar-refractivity contribution in [1.82, 2.24) is 5.32 Å². The summed E-state index contributed by atoms with van der Waals surface area (Å²) in [5.74, 6) is -1.42. The van der Waals surface area contributed by atoms with E-state index in [0.29, 0.717) is 11.1 Å². The minimum Gasteiger partial charge on any atom is -0.462 e. The Morgan fingerprint density at radius 3 is 2.67 bits per heavy atom. The molecule has 7 nitrogen and oxygen atoms in total. The number of rotatable bonds is 7. The molecule has 126 valence electrons. The lowest BCUT2D eigenvalue weighted by atomic mass is 10.1. The molecule has 1 amide bonds. The molecule has 0 saturated heterocycles. The van der Waals surface area contributed by atoms with Gasteiger partial charge in [-0.05, 0) is 36.8 Å². The molecule has 0 unspecified atom stereocenters. The standard InChI is InChI=1S/C17H17NO6/c1-2-22-17(21)13-6-3-5-12(9-13)11-24-15(19)10-18-16(20)14-7-4-8-23-14/h3-9H,2,10-11H2,1H3,(H,18,20). The van der Waals surface area contributed by atoms with Crippen molar-refractivity contribution >= 4 is 17.8 Å². The highest BCUT2D eigenvalue weighted by molar-refractivity contribution is 5.93. The lowest BCUT2D eigenvalue weighted by Gasteiger charge is -2.07. The topological polar surface area (TPSA) is 94.8 Å². The van der Waals surface area contributed by atoms with Crippen LogP contribution >= 0.6 is 0 Å². The van der Waals surface area contributed by atoms with Crippen molar-refractivity contribution in [3.05, 3.63) is 59.5 Å². The van der Waals surface area contributed by atoms with Crippen molar-refractivity contribution in [2.45, 2.75) is 13.5 Å². The quantitative estimate of drug-likeness (QED) is 0.779. The predicted molar refractivity (Wildman–Crippen MR) is 83.2 cm³/mol. The van der Waals surface area contributed by atoms with E-state index in [1.807, 2.05) is 0 Å². The maximum atomic E-state index is 11.7. The Labute approximate surface area is 138 Å². The van der Waals surface area contributed by atoms with Gasteiger partial charge in [-0.15, -0.1) is 0 Å². The van der Waals surface area contributed by atoms with Crippen LogP contribution < -0.4 is 5.32 Å². The molecule has 2 aromatic rings. The summed E-state index contributed by atoms with van der Waals surface area (Å²) in [6.45, 7) is 1.72. The second-order valence-electron chi connectivity index (χ2n) is 4.74. The van der Waals surface area contributed by atoms with Gasteiger partial charge in [-0.25, -0.2) is 4.79 Å². The Morgan fingerprint density at radius 1 is 1.12 bits per heavy atom. The summed E-state index contributed by atoms with van der Waals surface area (Å²) in [5.41, 5.74) is 1.03. The van der Waals surface area contributed by atoms with Crippen LogP contribution in [0.3, 0.4) is 0 Å². The molecule has 0 aliphatic rings. The van der Waals surface area contributed by atoms with Gasteiger partial charge in [-0.3, -0.25) is 9.59 Å². The van der Waals surface area contributed by atoms with Crippen LogP contribution in [-0.4, -0.2) is 31.0 Å². The number of hydrogen-bond donors (Lipinski definition) is 1. The van der Waals surface area contributed by atoms with E-state index in [1.54, 1.807) is 37.3 Å². The lowest BCUT2D eigenvalue weighted by molar-refractivity contribution is -0.143. The van der Waals surface area contributed by atoms with Crippen LogP contribution in [0.5, 0.6) is 0 Å². The molecule has 0 bridgehead atoms. The molecule has 0 aliphatic heterocycles. The van der Waals surface area contributed by atoms with Crippen LogP contribution in [0.1, 0.15) is 33.4 Å². The molecule has 1 N–H and O–H groups in total. The molecule has 0 radical (unpaired) electrons. The number of hydrogen-bond acceptors (Lipinski definition) is 6. The molecule has 2 rings (SSSR count). The smallest absolute Gasteiger partial charge is 0.338 e. The molecule has 1 aromatic heterocycles. The van der Waals surface area contributed by atoms with Crippen molar-refractivity contribution in [2.75, 3.05) is 13.2 Å². The van der Waals surface area contributed by atoms with Gasteiger partial charge < -0.3 is 19.2 Å². The van der Waals surface area contributed by atoms with Crippen molar-refractivity contribution in [2.24, 2.45) is 0 Å². The molecular formula is C17H17NO6. The summed E-state index contributed by atoms with van der Waals surface area (Å²) >= 11 is 0. The summed E-state index contributed by atoms with van der Waals surface area (Å²) in [6, 6.07) is 9.66. The Morgan fingerprint density at radius 2 is 1.96 bits per heavy atom. The minimum atomic E-state index is -0.601. The maximum Gasteiger partial charge on any atom is 0.338 e. The van der Waals surface area contributed by atoms with Gasteiger partial charge >= 0.3 is 11.9 Å². The highest BCUT2D eigenvalue weighted by Crippen LogP contribution is 2.08. The minimum absolute atomic E-state index is 0.0112. The SMILES string of the molecule is CCOC(=O)c1cccc(COC(=O)CNC(=O)c2ccco2)c1. The van der Waals surface area contributed by atoms with Gasteiger partial charge in [0.1, 0.15) is 13.2 Å². The Kier molecular flexibility index (Phi) is 6.13. The number of ether oxygens (including phenoxy) is 2.